The monoisotopic (exact) mass is 390 g/mol. The molecule has 0 saturated carbocycles. The smallest absolute Gasteiger partial charge is 0.340 e. The largest absolute Gasteiger partial charge is 0.465 e. The second kappa shape index (κ2) is 8.30. The number of carbonyl (C=O) groups is 3. The predicted octanol–water partition coefficient (Wildman–Crippen LogP) is 3.16. The average molecular weight is 390 g/mol. The van der Waals surface area contributed by atoms with E-state index >= 15 is 0 Å². The number of halogens is 1. The highest BCUT2D eigenvalue weighted by Gasteiger charge is 2.30. The van der Waals surface area contributed by atoms with E-state index in [0.29, 0.717) is 35.5 Å². The van der Waals surface area contributed by atoms with E-state index in [0.717, 1.165) is 0 Å². The zero-order chi connectivity index (χ0) is 19.4. The molecule has 3 rings (SSSR count). The zero-order valence-electron chi connectivity index (χ0n) is 14.7. The van der Waals surface area contributed by atoms with E-state index in [4.69, 9.17) is 4.74 Å². The van der Waals surface area contributed by atoms with Crippen molar-refractivity contribution in [1.82, 2.24) is 4.90 Å². The van der Waals surface area contributed by atoms with Crippen LogP contribution in [0.3, 0.4) is 0 Å². The standard InChI is InChI=1S/C19H19FN2O4S/c1-26-19(25)15-8-10-27-17(15)21-16(23)13-3-2-9-22(11-13)18(24)12-4-6-14(20)7-5-12/h4-8,10,13H,2-3,9,11H2,1H3,(H,21,23). The molecular formula is C19H19FN2O4S. The fraction of sp³-hybridized carbons (Fsp3) is 0.316. The number of benzene rings is 1. The molecule has 1 aromatic carbocycles. The molecule has 0 spiro atoms. The van der Waals surface area contributed by atoms with Crippen LogP contribution in [0.2, 0.25) is 0 Å². The number of ether oxygens (including phenoxy) is 1. The van der Waals surface area contributed by atoms with Crippen LogP contribution in [-0.4, -0.2) is 42.9 Å². The Morgan fingerprint density at radius 3 is 2.67 bits per heavy atom. The van der Waals surface area contributed by atoms with E-state index in [1.165, 1.54) is 42.7 Å². The minimum Gasteiger partial charge on any atom is -0.465 e. The van der Waals surface area contributed by atoms with Gasteiger partial charge in [0.15, 0.2) is 0 Å². The summed E-state index contributed by atoms with van der Waals surface area (Å²) in [6.45, 7) is 0.827. The van der Waals surface area contributed by atoms with Gasteiger partial charge < -0.3 is 15.0 Å². The van der Waals surface area contributed by atoms with Crippen molar-refractivity contribution in [3.05, 3.63) is 52.7 Å². The van der Waals surface area contributed by atoms with Gasteiger partial charge in [0.2, 0.25) is 5.91 Å². The van der Waals surface area contributed by atoms with Crippen LogP contribution >= 0.6 is 11.3 Å². The van der Waals surface area contributed by atoms with Crippen molar-refractivity contribution in [3.8, 4) is 0 Å². The maximum absolute atomic E-state index is 13.0. The Morgan fingerprint density at radius 1 is 1.22 bits per heavy atom. The Labute approximate surface area is 159 Å². The van der Waals surface area contributed by atoms with Crippen LogP contribution in [0.15, 0.2) is 35.7 Å². The zero-order valence-corrected chi connectivity index (χ0v) is 15.6. The third kappa shape index (κ3) is 4.33. The maximum atomic E-state index is 13.0. The van der Waals surface area contributed by atoms with Gasteiger partial charge in [0.05, 0.1) is 18.6 Å². The first kappa shape index (κ1) is 19.0. The second-order valence-corrected chi connectivity index (χ2v) is 7.16. The van der Waals surface area contributed by atoms with E-state index in [1.54, 1.807) is 16.3 Å². The van der Waals surface area contributed by atoms with E-state index in [2.05, 4.69) is 5.32 Å². The number of likely N-dealkylation sites (tertiary alicyclic amines) is 1. The molecule has 0 bridgehead atoms. The van der Waals surface area contributed by atoms with Crippen LogP contribution in [0, 0.1) is 11.7 Å². The number of methoxy groups -OCH3 is 1. The van der Waals surface area contributed by atoms with Gasteiger partial charge in [-0.15, -0.1) is 11.3 Å². The van der Waals surface area contributed by atoms with Crippen molar-refractivity contribution in [2.45, 2.75) is 12.8 Å². The number of nitrogens with zero attached hydrogens (tertiary/aromatic N) is 1. The lowest BCUT2D eigenvalue weighted by Gasteiger charge is -2.32. The molecule has 0 aliphatic carbocycles. The fourth-order valence-corrected chi connectivity index (χ4v) is 3.82. The van der Waals surface area contributed by atoms with Gasteiger partial charge in [-0.1, -0.05) is 0 Å². The molecule has 1 aliphatic rings. The van der Waals surface area contributed by atoms with Crippen LogP contribution in [0.5, 0.6) is 0 Å². The first-order chi connectivity index (χ1) is 13.0. The summed E-state index contributed by atoms with van der Waals surface area (Å²) in [5.41, 5.74) is 0.703. The number of rotatable bonds is 4. The summed E-state index contributed by atoms with van der Waals surface area (Å²) in [5, 5.41) is 4.91. The Morgan fingerprint density at radius 2 is 1.96 bits per heavy atom. The summed E-state index contributed by atoms with van der Waals surface area (Å²) >= 11 is 1.24. The lowest BCUT2D eigenvalue weighted by molar-refractivity contribution is -0.121. The molecule has 1 fully saturated rings. The Kier molecular flexibility index (Phi) is 5.85. The highest BCUT2D eigenvalue weighted by atomic mass is 32.1. The maximum Gasteiger partial charge on any atom is 0.340 e. The Balaban J connectivity index is 1.66. The molecule has 1 unspecified atom stereocenters. The van der Waals surface area contributed by atoms with E-state index in [-0.39, 0.29) is 24.3 Å². The summed E-state index contributed by atoms with van der Waals surface area (Å²) in [7, 11) is 1.28. The van der Waals surface area contributed by atoms with Gasteiger partial charge in [-0.3, -0.25) is 9.59 Å². The van der Waals surface area contributed by atoms with Gasteiger partial charge in [-0.2, -0.15) is 0 Å². The first-order valence-electron chi connectivity index (χ1n) is 8.51. The molecule has 2 heterocycles. The van der Waals surface area contributed by atoms with Gasteiger partial charge in [-0.25, -0.2) is 9.18 Å². The minimum absolute atomic E-state index is 0.223. The molecule has 8 heteroatoms. The summed E-state index contributed by atoms with van der Waals surface area (Å²) in [6, 6.07) is 6.96. The van der Waals surface area contributed by atoms with Crippen LogP contribution in [0.4, 0.5) is 9.39 Å². The van der Waals surface area contributed by atoms with Crippen LogP contribution < -0.4 is 5.32 Å². The number of piperidine rings is 1. The third-order valence-electron chi connectivity index (χ3n) is 4.48. The fourth-order valence-electron chi connectivity index (χ4n) is 3.04. The summed E-state index contributed by atoms with van der Waals surface area (Å²) in [6.07, 6.45) is 1.34. The molecule has 27 heavy (non-hydrogen) atoms. The van der Waals surface area contributed by atoms with Gasteiger partial charge in [-0.05, 0) is 48.6 Å². The minimum atomic E-state index is -0.511. The summed E-state index contributed by atoms with van der Waals surface area (Å²) in [5.74, 6) is -1.75. The molecule has 1 saturated heterocycles. The number of hydrogen-bond acceptors (Lipinski definition) is 5. The Bertz CT molecular complexity index is 850. The van der Waals surface area contributed by atoms with Crippen LogP contribution in [0.1, 0.15) is 33.6 Å². The van der Waals surface area contributed by atoms with Crippen molar-refractivity contribution in [2.24, 2.45) is 5.92 Å². The van der Waals surface area contributed by atoms with Gasteiger partial charge in [0, 0.05) is 18.7 Å². The average Bonchev–Trinajstić information content (AvgIpc) is 3.15. The van der Waals surface area contributed by atoms with Crippen molar-refractivity contribution in [1.29, 1.82) is 0 Å². The third-order valence-corrected chi connectivity index (χ3v) is 5.31. The number of amides is 2. The molecule has 1 atom stereocenters. The van der Waals surface area contributed by atoms with Crippen molar-refractivity contribution >= 4 is 34.1 Å². The number of thiophene rings is 1. The van der Waals surface area contributed by atoms with Crippen LogP contribution in [-0.2, 0) is 9.53 Å². The topological polar surface area (TPSA) is 75.7 Å². The van der Waals surface area contributed by atoms with Crippen molar-refractivity contribution < 1.29 is 23.5 Å². The highest BCUT2D eigenvalue weighted by molar-refractivity contribution is 7.14. The van der Waals surface area contributed by atoms with Crippen LogP contribution in [0.25, 0.3) is 0 Å². The van der Waals surface area contributed by atoms with E-state index in [1.807, 2.05) is 0 Å². The van der Waals surface area contributed by atoms with Gasteiger partial charge >= 0.3 is 5.97 Å². The molecule has 1 aromatic heterocycles. The number of carbonyl (C=O) groups excluding carboxylic acids is 3. The van der Waals surface area contributed by atoms with Crippen molar-refractivity contribution in [3.63, 3.8) is 0 Å². The van der Waals surface area contributed by atoms with E-state index < -0.39 is 11.8 Å². The molecule has 6 nitrogen and oxygen atoms in total. The van der Waals surface area contributed by atoms with Gasteiger partial charge in [0.25, 0.3) is 5.91 Å². The number of esters is 1. The lowest BCUT2D eigenvalue weighted by atomic mass is 9.96. The van der Waals surface area contributed by atoms with Crippen molar-refractivity contribution in [2.75, 3.05) is 25.5 Å². The number of nitrogens with one attached hydrogen (secondary N) is 1. The quantitative estimate of drug-likeness (QED) is 0.814. The number of anilines is 1. The predicted molar refractivity (Wildman–Crippen MR) is 99.3 cm³/mol. The summed E-state index contributed by atoms with van der Waals surface area (Å²) in [4.78, 5) is 38.6. The molecule has 0 radical (unpaired) electrons. The lowest BCUT2D eigenvalue weighted by Crippen LogP contribution is -2.43. The highest BCUT2D eigenvalue weighted by Crippen LogP contribution is 2.26. The second-order valence-electron chi connectivity index (χ2n) is 6.24. The molecule has 1 aliphatic heterocycles. The van der Waals surface area contributed by atoms with E-state index in [9.17, 15) is 18.8 Å². The van der Waals surface area contributed by atoms with Gasteiger partial charge in [0.1, 0.15) is 10.8 Å². The normalized spacial score (nSPS) is 16.7. The Hall–Kier alpha value is -2.74. The molecule has 2 amide bonds. The number of hydrogen-bond donors (Lipinski definition) is 1. The molecule has 1 N–H and O–H groups in total. The summed E-state index contributed by atoms with van der Waals surface area (Å²) < 4.78 is 17.8. The molecule has 2 aromatic rings. The first-order valence-corrected chi connectivity index (χ1v) is 9.39. The SMILES string of the molecule is COC(=O)c1ccsc1NC(=O)C1CCCN(C(=O)c2ccc(F)cc2)C1. The molecular weight excluding hydrogens is 371 g/mol. The molecule has 142 valence electrons.